The lowest BCUT2D eigenvalue weighted by Crippen LogP contribution is -1.98. The third-order valence-electron chi connectivity index (χ3n) is 2.18. The molecule has 0 bridgehead atoms. The Balaban J connectivity index is 0.00000106. The van der Waals surface area contributed by atoms with Gasteiger partial charge in [0.05, 0.1) is 6.54 Å². The number of aromatic nitrogens is 2. The SMILES string of the molecule is CC.CC/C(C)=C/C=C(\C)Cn1cccn1. The normalized spacial score (nSPS) is 12.1. The maximum absolute atomic E-state index is 4.16. The fourth-order valence-electron chi connectivity index (χ4n) is 1.10. The van der Waals surface area contributed by atoms with E-state index in [1.165, 1.54) is 11.1 Å². The number of hydrogen-bond acceptors (Lipinski definition) is 1. The standard InChI is InChI=1S/C12H18N2.C2H6/c1-4-11(2)6-7-12(3)10-14-9-5-8-13-14;1-2/h5-9H,4,10H2,1-3H3;1-2H3/b11-6+,12-7+;. The van der Waals surface area contributed by atoms with E-state index in [4.69, 9.17) is 0 Å². The molecule has 0 N–H and O–H groups in total. The van der Waals surface area contributed by atoms with Crippen LogP contribution in [0.5, 0.6) is 0 Å². The molecule has 0 saturated carbocycles. The Kier molecular flexibility index (Phi) is 8.22. The van der Waals surface area contributed by atoms with Crippen molar-refractivity contribution in [1.82, 2.24) is 9.78 Å². The van der Waals surface area contributed by atoms with E-state index in [1.54, 1.807) is 6.20 Å². The summed E-state index contributed by atoms with van der Waals surface area (Å²) in [5.41, 5.74) is 2.73. The predicted octanol–water partition coefficient (Wildman–Crippen LogP) is 4.21. The van der Waals surface area contributed by atoms with Gasteiger partial charge in [0, 0.05) is 12.4 Å². The summed E-state index contributed by atoms with van der Waals surface area (Å²) >= 11 is 0. The topological polar surface area (TPSA) is 17.8 Å². The Bertz CT molecular complexity index is 319. The second kappa shape index (κ2) is 8.96. The first-order valence-electron chi connectivity index (χ1n) is 6.02. The van der Waals surface area contributed by atoms with Gasteiger partial charge in [-0.1, -0.05) is 44.1 Å². The Morgan fingerprint density at radius 2 is 1.81 bits per heavy atom. The molecular weight excluding hydrogens is 196 g/mol. The molecule has 1 rings (SSSR count). The molecule has 0 aliphatic rings. The first-order chi connectivity index (χ1) is 7.72. The van der Waals surface area contributed by atoms with Crippen molar-refractivity contribution in [2.24, 2.45) is 0 Å². The van der Waals surface area contributed by atoms with Gasteiger partial charge in [0.1, 0.15) is 0 Å². The van der Waals surface area contributed by atoms with Gasteiger partial charge in [-0.15, -0.1) is 0 Å². The van der Waals surface area contributed by atoms with Crippen molar-refractivity contribution in [3.8, 4) is 0 Å². The largest absolute Gasteiger partial charge is 0.269 e. The smallest absolute Gasteiger partial charge is 0.0619 e. The van der Waals surface area contributed by atoms with Crippen molar-refractivity contribution >= 4 is 0 Å². The van der Waals surface area contributed by atoms with Crippen molar-refractivity contribution in [1.29, 1.82) is 0 Å². The van der Waals surface area contributed by atoms with E-state index in [1.807, 2.05) is 30.8 Å². The number of hydrogen-bond donors (Lipinski definition) is 0. The van der Waals surface area contributed by atoms with Crippen molar-refractivity contribution in [2.75, 3.05) is 0 Å². The highest BCUT2D eigenvalue weighted by atomic mass is 15.3. The van der Waals surface area contributed by atoms with Crippen LogP contribution in [0.2, 0.25) is 0 Å². The van der Waals surface area contributed by atoms with Crippen molar-refractivity contribution < 1.29 is 0 Å². The second-order valence-corrected chi connectivity index (χ2v) is 3.58. The van der Waals surface area contributed by atoms with E-state index in [9.17, 15) is 0 Å². The number of nitrogens with zero attached hydrogens (tertiary/aromatic N) is 2. The van der Waals surface area contributed by atoms with Crippen molar-refractivity contribution in [2.45, 2.75) is 47.6 Å². The lowest BCUT2D eigenvalue weighted by atomic mass is 10.2. The van der Waals surface area contributed by atoms with Gasteiger partial charge in [-0.3, -0.25) is 4.68 Å². The third kappa shape index (κ3) is 6.23. The van der Waals surface area contributed by atoms with Crippen LogP contribution in [0.1, 0.15) is 41.0 Å². The van der Waals surface area contributed by atoms with Crippen molar-refractivity contribution in [3.05, 3.63) is 41.8 Å². The van der Waals surface area contributed by atoms with E-state index < -0.39 is 0 Å². The lowest BCUT2D eigenvalue weighted by molar-refractivity contribution is 0.677. The Morgan fingerprint density at radius 3 is 2.31 bits per heavy atom. The van der Waals surface area contributed by atoms with Gasteiger partial charge >= 0.3 is 0 Å². The number of rotatable bonds is 4. The van der Waals surface area contributed by atoms with Gasteiger partial charge in [0.2, 0.25) is 0 Å². The second-order valence-electron chi connectivity index (χ2n) is 3.58. The minimum atomic E-state index is 0.875. The van der Waals surface area contributed by atoms with Gasteiger partial charge in [0.15, 0.2) is 0 Å². The van der Waals surface area contributed by atoms with Crippen LogP contribution in [-0.4, -0.2) is 9.78 Å². The summed E-state index contributed by atoms with van der Waals surface area (Å²) < 4.78 is 1.93. The monoisotopic (exact) mass is 220 g/mol. The van der Waals surface area contributed by atoms with Gasteiger partial charge in [-0.25, -0.2) is 0 Å². The van der Waals surface area contributed by atoms with E-state index >= 15 is 0 Å². The van der Waals surface area contributed by atoms with Crippen LogP contribution in [0, 0.1) is 0 Å². The Morgan fingerprint density at radius 1 is 1.19 bits per heavy atom. The molecular formula is C14H24N2. The van der Waals surface area contributed by atoms with Crippen LogP contribution < -0.4 is 0 Å². The molecule has 0 spiro atoms. The summed E-state index contributed by atoms with van der Waals surface area (Å²) in [5, 5.41) is 4.16. The zero-order valence-electron chi connectivity index (χ0n) is 11.2. The van der Waals surface area contributed by atoms with Gasteiger partial charge in [-0.05, 0) is 26.3 Å². The molecule has 0 aromatic carbocycles. The van der Waals surface area contributed by atoms with Crippen LogP contribution in [-0.2, 0) is 6.54 Å². The molecule has 1 aromatic rings. The fraction of sp³-hybridized carbons (Fsp3) is 0.500. The first-order valence-corrected chi connectivity index (χ1v) is 6.02. The Labute approximate surface area is 99.7 Å². The van der Waals surface area contributed by atoms with Crippen LogP contribution >= 0.6 is 0 Å². The average Bonchev–Trinajstić information content (AvgIpc) is 2.81. The molecule has 0 radical (unpaired) electrons. The molecule has 0 amide bonds. The zero-order chi connectivity index (χ0) is 12.4. The van der Waals surface area contributed by atoms with E-state index in [0.717, 1.165) is 13.0 Å². The zero-order valence-corrected chi connectivity index (χ0v) is 11.2. The summed E-state index contributed by atoms with van der Waals surface area (Å²) in [7, 11) is 0. The summed E-state index contributed by atoms with van der Waals surface area (Å²) in [6.45, 7) is 11.3. The average molecular weight is 220 g/mol. The maximum Gasteiger partial charge on any atom is 0.0619 e. The molecule has 16 heavy (non-hydrogen) atoms. The van der Waals surface area contributed by atoms with Crippen LogP contribution in [0.15, 0.2) is 41.8 Å². The minimum absolute atomic E-state index is 0.875. The highest BCUT2D eigenvalue weighted by molar-refractivity contribution is 5.15. The highest BCUT2D eigenvalue weighted by Crippen LogP contribution is 2.02. The first kappa shape index (κ1) is 14.7. The van der Waals surface area contributed by atoms with Gasteiger partial charge in [-0.2, -0.15) is 5.10 Å². The Hall–Kier alpha value is -1.31. The van der Waals surface area contributed by atoms with Crippen LogP contribution in [0.25, 0.3) is 0 Å². The molecule has 1 aromatic heterocycles. The van der Waals surface area contributed by atoms with E-state index in [-0.39, 0.29) is 0 Å². The summed E-state index contributed by atoms with van der Waals surface area (Å²) in [5.74, 6) is 0. The van der Waals surface area contributed by atoms with Gasteiger partial charge in [0.25, 0.3) is 0 Å². The predicted molar refractivity (Wildman–Crippen MR) is 71.4 cm³/mol. The molecule has 0 fully saturated rings. The van der Waals surface area contributed by atoms with Gasteiger partial charge < -0.3 is 0 Å². The van der Waals surface area contributed by atoms with E-state index in [0.29, 0.717) is 0 Å². The molecule has 2 heteroatoms. The highest BCUT2D eigenvalue weighted by Gasteiger charge is 1.91. The molecule has 90 valence electrons. The lowest BCUT2D eigenvalue weighted by Gasteiger charge is -2.00. The van der Waals surface area contributed by atoms with E-state index in [2.05, 4.69) is 38.0 Å². The molecule has 0 aliphatic carbocycles. The summed E-state index contributed by atoms with van der Waals surface area (Å²) in [4.78, 5) is 0. The molecule has 2 nitrogen and oxygen atoms in total. The summed E-state index contributed by atoms with van der Waals surface area (Å²) in [6.07, 6.45) is 9.25. The molecule has 0 unspecified atom stereocenters. The molecule has 0 saturated heterocycles. The minimum Gasteiger partial charge on any atom is -0.269 e. The quantitative estimate of drug-likeness (QED) is 0.695. The van der Waals surface area contributed by atoms with Crippen LogP contribution in [0.3, 0.4) is 0 Å². The maximum atomic E-state index is 4.16. The fourth-order valence-corrected chi connectivity index (χ4v) is 1.10. The third-order valence-corrected chi connectivity index (χ3v) is 2.18. The number of allylic oxidation sites excluding steroid dienone is 4. The molecule has 0 atom stereocenters. The summed E-state index contributed by atoms with van der Waals surface area (Å²) in [6, 6.07) is 1.94. The van der Waals surface area contributed by atoms with Crippen LogP contribution in [0.4, 0.5) is 0 Å². The molecule has 1 heterocycles. The molecule has 0 aliphatic heterocycles. The van der Waals surface area contributed by atoms with Crippen molar-refractivity contribution in [3.63, 3.8) is 0 Å².